The van der Waals surface area contributed by atoms with Crippen LogP contribution in [0.2, 0.25) is 0 Å². The van der Waals surface area contributed by atoms with Gasteiger partial charge < -0.3 is 4.98 Å². The van der Waals surface area contributed by atoms with Gasteiger partial charge in [0.1, 0.15) is 5.03 Å². The van der Waals surface area contributed by atoms with Crippen molar-refractivity contribution in [1.82, 2.24) is 4.98 Å². The smallest absolute Gasteiger partial charge is 0.207 e. The number of carbonyl (C=O) groups is 2. The summed E-state index contributed by atoms with van der Waals surface area (Å²) in [5, 5.41) is 0.812. The van der Waals surface area contributed by atoms with Crippen LogP contribution in [0.4, 0.5) is 0 Å². The zero-order chi connectivity index (χ0) is 17.4. The van der Waals surface area contributed by atoms with E-state index < -0.39 is 0 Å². The van der Waals surface area contributed by atoms with Crippen LogP contribution in [0.5, 0.6) is 0 Å². The van der Waals surface area contributed by atoms with E-state index >= 15 is 0 Å². The largest absolute Gasteiger partial charge is 0.358 e. The number of aromatic nitrogens is 1. The molecule has 24 heavy (non-hydrogen) atoms. The molecular formula is C19H17Cl2NO2. The molecule has 124 valence electrons. The number of aromatic amines is 1. The highest BCUT2D eigenvalue weighted by atomic mass is 35.5. The van der Waals surface area contributed by atoms with Crippen molar-refractivity contribution in [2.75, 3.05) is 0 Å². The number of hydrogen-bond donors (Lipinski definition) is 1. The highest BCUT2D eigenvalue weighted by Gasteiger charge is 2.35. The number of rotatable bonds is 4. The van der Waals surface area contributed by atoms with Gasteiger partial charge in [-0.15, -0.1) is 0 Å². The Balaban J connectivity index is 2.18. The molecule has 0 saturated heterocycles. The van der Waals surface area contributed by atoms with Gasteiger partial charge in [0.05, 0.1) is 10.6 Å². The zero-order valence-electron chi connectivity index (χ0n) is 13.5. The molecule has 0 spiro atoms. The van der Waals surface area contributed by atoms with Crippen molar-refractivity contribution in [3.05, 3.63) is 51.2 Å². The van der Waals surface area contributed by atoms with Gasteiger partial charge in [-0.2, -0.15) is 0 Å². The molecule has 1 aliphatic carbocycles. The molecule has 0 radical (unpaired) electrons. The average molecular weight is 362 g/mol. The second-order valence-electron chi connectivity index (χ2n) is 5.91. The molecule has 1 heterocycles. The fourth-order valence-electron chi connectivity index (χ4n) is 3.09. The van der Waals surface area contributed by atoms with Gasteiger partial charge in [-0.3, -0.25) is 9.59 Å². The van der Waals surface area contributed by atoms with Crippen molar-refractivity contribution in [3.8, 4) is 0 Å². The Bertz CT molecular complexity index is 919. The minimum Gasteiger partial charge on any atom is -0.358 e. The van der Waals surface area contributed by atoms with Crippen LogP contribution in [-0.2, 0) is 9.59 Å². The topological polar surface area (TPSA) is 49.9 Å². The molecule has 5 heteroatoms. The number of ketones is 2. The van der Waals surface area contributed by atoms with Crippen molar-refractivity contribution in [2.45, 2.75) is 33.1 Å². The van der Waals surface area contributed by atoms with Crippen LogP contribution >= 0.6 is 23.2 Å². The molecule has 0 bridgehead atoms. The lowest BCUT2D eigenvalue weighted by Crippen LogP contribution is -2.19. The van der Waals surface area contributed by atoms with Gasteiger partial charge in [0.2, 0.25) is 11.6 Å². The Morgan fingerprint density at radius 3 is 2.46 bits per heavy atom. The predicted molar refractivity (Wildman–Crippen MR) is 98.2 cm³/mol. The second kappa shape index (κ2) is 6.58. The van der Waals surface area contributed by atoms with Gasteiger partial charge in [-0.05, 0) is 25.8 Å². The Hall–Kier alpha value is -1.84. The molecule has 0 unspecified atom stereocenters. The molecule has 1 aromatic carbocycles. The van der Waals surface area contributed by atoms with Gasteiger partial charge in [-0.1, -0.05) is 54.7 Å². The van der Waals surface area contributed by atoms with Crippen LogP contribution in [-0.4, -0.2) is 16.6 Å². The Labute approximate surface area is 150 Å². The maximum atomic E-state index is 12.9. The fourth-order valence-corrected chi connectivity index (χ4v) is 3.66. The second-order valence-corrected chi connectivity index (χ2v) is 6.67. The van der Waals surface area contributed by atoms with E-state index in [9.17, 15) is 9.59 Å². The minimum absolute atomic E-state index is 0.00229. The van der Waals surface area contributed by atoms with Crippen LogP contribution in [0, 0.1) is 6.92 Å². The number of Topliss-reactive ketones (excluding diaryl/α,β-unsaturated/α-hetero) is 2. The van der Waals surface area contributed by atoms with Crippen molar-refractivity contribution in [3.63, 3.8) is 0 Å². The van der Waals surface area contributed by atoms with Gasteiger partial charge in [0.15, 0.2) is 0 Å². The Morgan fingerprint density at radius 2 is 1.75 bits per heavy atom. The number of benzene rings is 1. The van der Waals surface area contributed by atoms with Crippen molar-refractivity contribution in [1.29, 1.82) is 0 Å². The number of para-hydroxylation sites is 1. The lowest BCUT2D eigenvalue weighted by molar-refractivity contribution is -0.114. The monoisotopic (exact) mass is 361 g/mol. The summed E-state index contributed by atoms with van der Waals surface area (Å²) in [5.41, 5.74) is 2.85. The number of H-pyrrole nitrogens is 1. The van der Waals surface area contributed by atoms with Gasteiger partial charge in [0.25, 0.3) is 0 Å². The van der Waals surface area contributed by atoms with E-state index in [-0.39, 0.29) is 27.2 Å². The SMILES string of the molecule is CCCCC1=C(Cl)C(=O)C(c2c(C)[nH]c3ccccc23)=C(Cl)C1=O. The van der Waals surface area contributed by atoms with Crippen molar-refractivity contribution < 1.29 is 9.59 Å². The number of allylic oxidation sites excluding steroid dienone is 4. The molecule has 0 fully saturated rings. The number of aryl methyl sites for hydroxylation is 1. The molecule has 1 N–H and O–H groups in total. The minimum atomic E-state index is -0.375. The molecule has 0 saturated carbocycles. The van der Waals surface area contributed by atoms with E-state index in [2.05, 4.69) is 4.98 Å². The summed E-state index contributed by atoms with van der Waals surface area (Å²) in [6.45, 7) is 3.87. The molecule has 0 amide bonds. The normalized spacial score (nSPS) is 15.8. The molecular weight excluding hydrogens is 345 g/mol. The van der Waals surface area contributed by atoms with E-state index in [0.717, 1.165) is 29.4 Å². The summed E-state index contributed by atoms with van der Waals surface area (Å²) in [7, 11) is 0. The molecule has 1 aromatic heterocycles. The van der Waals surface area contributed by atoms with E-state index in [1.54, 1.807) is 0 Å². The maximum Gasteiger partial charge on any atom is 0.207 e. The Kier molecular flexibility index (Phi) is 4.66. The molecule has 3 nitrogen and oxygen atoms in total. The first-order valence-electron chi connectivity index (χ1n) is 7.92. The van der Waals surface area contributed by atoms with Crippen LogP contribution < -0.4 is 0 Å². The molecule has 3 rings (SSSR count). The number of fused-ring (bicyclic) bond motifs is 1. The predicted octanol–water partition coefficient (Wildman–Crippen LogP) is 5.26. The highest BCUT2D eigenvalue weighted by Crippen LogP contribution is 2.40. The summed E-state index contributed by atoms with van der Waals surface area (Å²) in [5.74, 6) is -0.713. The Morgan fingerprint density at radius 1 is 1.04 bits per heavy atom. The molecule has 0 atom stereocenters. The summed E-state index contributed by atoms with van der Waals surface area (Å²) in [6.07, 6.45) is 2.16. The van der Waals surface area contributed by atoms with Gasteiger partial charge >= 0.3 is 0 Å². The summed E-state index contributed by atoms with van der Waals surface area (Å²) in [6, 6.07) is 7.60. The lowest BCUT2D eigenvalue weighted by Gasteiger charge is -2.18. The quantitative estimate of drug-likeness (QED) is 0.754. The number of unbranched alkanes of at least 4 members (excludes halogenated alkanes) is 1. The summed E-state index contributed by atoms with van der Waals surface area (Å²) in [4.78, 5) is 28.7. The summed E-state index contributed by atoms with van der Waals surface area (Å²) >= 11 is 12.6. The van der Waals surface area contributed by atoms with E-state index in [1.165, 1.54) is 0 Å². The van der Waals surface area contributed by atoms with Crippen LogP contribution in [0.15, 0.2) is 39.9 Å². The van der Waals surface area contributed by atoms with Gasteiger partial charge in [-0.25, -0.2) is 0 Å². The first kappa shape index (κ1) is 17.0. The number of carbonyl (C=O) groups excluding carboxylic acids is 2. The summed E-state index contributed by atoms with van der Waals surface area (Å²) < 4.78 is 0. The van der Waals surface area contributed by atoms with Crippen molar-refractivity contribution in [2.24, 2.45) is 0 Å². The first-order chi connectivity index (χ1) is 11.5. The average Bonchev–Trinajstić information content (AvgIpc) is 2.90. The molecule has 0 aliphatic heterocycles. The van der Waals surface area contributed by atoms with E-state index in [0.29, 0.717) is 17.6 Å². The molecule has 1 aliphatic rings. The third-order valence-electron chi connectivity index (χ3n) is 4.31. The number of halogens is 2. The van der Waals surface area contributed by atoms with Crippen LogP contribution in [0.1, 0.15) is 37.4 Å². The standard InChI is InChI=1S/C19H17Cl2NO2/c1-3-4-7-12-16(20)19(24)15(17(21)18(12)23)14-10(2)22-13-9-6-5-8-11(13)14/h5-6,8-9,22H,3-4,7H2,1-2H3. The third-order valence-corrected chi connectivity index (χ3v) is 5.07. The van der Waals surface area contributed by atoms with E-state index in [1.807, 2.05) is 38.1 Å². The van der Waals surface area contributed by atoms with E-state index in [4.69, 9.17) is 23.2 Å². The third kappa shape index (κ3) is 2.62. The van der Waals surface area contributed by atoms with Crippen molar-refractivity contribution >= 4 is 51.2 Å². The van der Waals surface area contributed by atoms with Crippen LogP contribution in [0.25, 0.3) is 16.5 Å². The number of hydrogen-bond acceptors (Lipinski definition) is 2. The maximum absolute atomic E-state index is 12.9. The first-order valence-corrected chi connectivity index (χ1v) is 8.68. The highest BCUT2D eigenvalue weighted by molar-refractivity contribution is 6.63. The number of nitrogens with one attached hydrogen (secondary N) is 1. The fraction of sp³-hybridized carbons (Fsp3) is 0.263. The lowest BCUT2D eigenvalue weighted by atomic mass is 9.88. The van der Waals surface area contributed by atoms with Crippen LogP contribution in [0.3, 0.4) is 0 Å². The zero-order valence-corrected chi connectivity index (χ0v) is 15.0. The van der Waals surface area contributed by atoms with Gasteiger partial charge in [0, 0.05) is 27.7 Å². The molecule has 2 aromatic rings.